The van der Waals surface area contributed by atoms with Gasteiger partial charge >= 0.3 is 6.18 Å². The van der Waals surface area contributed by atoms with E-state index in [0.29, 0.717) is 29.5 Å². The molecular formula is C23H15F4N3O. The minimum atomic E-state index is -4.86. The lowest BCUT2D eigenvalue weighted by atomic mass is 9.99. The third-order valence-electron chi connectivity index (χ3n) is 4.75. The second-order valence-corrected chi connectivity index (χ2v) is 6.89. The normalized spacial score (nSPS) is 11.5. The van der Waals surface area contributed by atoms with Crippen LogP contribution in [0.1, 0.15) is 27.2 Å². The molecule has 4 nitrogen and oxygen atoms in total. The van der Waals surface area contributed by atoms with Gasteiger partial charge in [0, 0.05) is 29.6 Å². The minimum Gasteiger partial charge on any atom is -0.322 e. The molecule has 0 bridgehead atoms. The fraction of sp³-hybridized carbons (Fsp3) is 0.0870. The first-order chi connectivity index (χ1) is 14.8. The van der Waals surface area contributed by atoms with Gasteiger partial charge in [0.05, 0.1) is 5.56 Å². The number of rotatable bonds is 4. The van der Waals surface area contributed by atoms with Crippen molar-refractivity contribution in [3.05, 3.63) is 101 Å². The van der Waals surface area contributed by atoms with Gasteiger partial charge in [-0.1, -0.05) is 30.3 Å². The maximum absolute atomic E-state index is 13.5. The van der Waals surface area contributed by atoms with Crippen molar-refractivity contribution in [3.63, 3.8) is 0 Å². The van der Waals surface area contributed by atoms with Crippen LogP contribution in [0, 0.1) is 5.82 Å². The molecule has 0 atom stereocenters. The molecule has 1 amide bonds. The van der Waals surface area contributed by atoms with Gasteiger partial charge in [0.15, 0.2) is 0 Å². The Morgan fingerprint density at radius 1 is 1.00 bits per heavy atom. The molecule has 4 rings (SSSR count). The maximum Gasteiger partial charge on any atom is 0.419 e. The van der Waals surface area contributed by atoms with E-state index in [0.717, 1.165) is 22.7 Å². The van der Waals surface area contributed by atoms with E-state index < -0.39 is 23.5 Å². The Hall–Kier alpha value is -3.81. The lowest BCUT2D eigenvalue weighted by molar-refractivity contribution is -0.139. The first-order valence-corrected chi connectivity index (χ1v) is 9.26. The van der Waals surface area contributed by atoms with Gasteiger partial charge in [0.1, 0.15) is 12.1 Å². The summed E-state index contributed by atoms with van der Waals surface area (Å²) in [6.45, 7) is 0. The van der Waals surface area contributed by atoms with E-state index >= 15 is 0 Å². The Kier molecular flexibility index (Phi) is 5.37. The second kappa shape index (κ2) is 8.14. The minimum absolute atomic E-state index is 0.142. The number of carbonyl (C=O) groups excluding carboxylic acids is 1. The number of aromatic nitrogens is 2. The van der Waals surface area contributed by atoms with E-state index in [1.807, 2.05) is 24.3 Å². The lowest BCUT2D eigenvalue weighted by Gasteiger charge is -2.12. The van der Waals surface area contributed by atoms with E-state index in [1.54, 1.807) is 24.4 Å². The average molecular weight is 425 g/mol. The highest BCUT2D eigenvalue weighted by Crippen LogP contribution is 2.33. The Morgan fingerprint density at radius 3 is 2.58 bits per heavy atom. The number of alkyl halides is 3. The molecule has 1 aromatic heterocycles. The summed E-state index contributed by atoms with van der Waals surface area (Å²) in [5.74, 6) is -1.99. The number of hydrogen-bond donors (Lipinski definition) is 1. The van der Waals surface area contributed by atoms with E-state index in [4.69, 9.17) is 0 Å². The van der Waals surface area contributed by atoms with Crippen molar-refractivity contribution in [2.75, 3.05) is 5.32 Å². The largest absolute Gasteiger partial charge is 0.419 e. The fourth-order valence-electron chi connectivity index (χ4n) is 3.29. The molecule has 8 heteroatoms. The van der Waals surface area contributed by atoms with E-state index in [1.165, 1.54) is 6.33 Å². The standard InChI is InChI=1S/C23H15F4N3O/c24-21-7-5-17(12-20(21)23(25,26)27)30-22(31)19-3-1-2-15-10-14(4-6-18(15)19)11-16-8-9-28-13-29-16/h1-10,12-13H,11H2,(H,30,31). The number of nitrogens with one attached hydrogen (secondary N) is 1. The van der Waals surface area contributed by atoms with E-state index in [-0.39, 0.29) is 5.69 Å². The topological polar surface area (TPSA) is 54.9 Å². The number of amides is 1. The van der Waals surface area contributed by atoms with Gasteiger partial charge in [-0.3, -0.25) is 4.79 Å². The summed E-state index contributed by atoms with van der Waals surface area (Å²) in [5, 5.41) is 3.87. The predicted octanol–water partition coefficient (Wildman–Crippen LogP) is 5.63. The SMILES string of the molecule is O=C(Nc1ccc(F)c(C(F)(F)F)c1)c1cccc2cc(Cc3ccncn3)ccc12. The van der Waals surface area contributed by atoms with Gasteiger partial charge in [-0.2, -0.15) is 13.2 Å². The summed E-state index contributed by atoms with van der Waals surface area (Å²) in [6.07, 6.45) is -1.14. The summed E-state index contributed by atoms with van der Waals surface area (Å²) in [5.41, 5.74) is 0.551. The molecule has 0 saturated heterocycles. The van der Waals surface area contributed by atoms with Crippen LogP contribution in [0.3, 0.4) is 0 Å². The Balaban J connectivity index is 1.61. The number of benzene rings is 3. The molecule has 1 N–H and O–H groups in total. The van der Waals surface area contributed by atoms with Crippen molar-refractivity contribution in [3.8, 4) is 0 Å². The fourth-order valence-corrected chi connectivity index (χ4v) is 3.29. The molecule has 156 valence electrons. The van der Waals surface area contributed by atoms with E-state index in [2.05, 4.69) is 15.3 Å². The number of halogens is 4. The van der Waals surface area contributed by atoms with Gasteiger partial charge in [-0.15, -0.1) is 0 Å². The first kappa shape index (κ1) is 20.5. The molecule has 3 aromatic carbocycles. The predicted molar refractivity (Wildman–Crippen MR) is 108 cm³/mol. The Labute approximate surface area is 174 Å². The molecule has 0 spiro atoms. The van der Waals surface area contributed by atoms with Crippen LogP contribution in [0.4, 0.5) is 23.2 Å². The van der Waals surface area contributed by atoms with Crippen LogP contribution in [-0.4, -0.2) is 15.9 Å². The molecule has 0 aliphatic rings. The maximum atomic E-state index is 13.5. The summed E-state index contributed by atoms with van der Waals surface area (Å²) in [7, 11) is 0. The van der Waals surface area contributed by atoms with E-state index in [9.17, 15) is 22.4 Å². The molecule has 0 unspecified atom stereocenters. The van der Waals surface area contributed by atoms with Gasteiger partial charge in [-0.05, 0) is 46.7 Å². The van der Waals surface area contributed by atoms with Crippen molar-refractivity contribution in [2.45, 2.75) is 12.6 Å². The first-order valence-electron chi connectivity index (χ1n) is 9.26. The number of hydrogen-bond acceptors (Lipinski definition) is 3. The zero-order chi connectivity index (χ0) is 22.0. The summed E-state index contributed by atoms with van der Waals surface area (Å²) >= 11 is 0. The zero-order valence-corrected chi connectivity index (χ0v) is 15.9. The van der Waals surface area contributed by atoms with Crippen molar-refractivity contribution in [1.29, 1.82) is 0 Å². The molecule has 1 heterocycles. The zero-order valence-electron chi connectivity index (χ0n) is 15.9. The number of carbonyl (C=O) groups is 1. The Morgan fingerprint density at radius 2 is 1.84 bits per heavy atom. The summed E-state index contributed by atoms with van der Waals surface area (Å²) < 4.78 is 52.3. The van der Waals surface area contributed by atoms with Crippen LogP contribution in [0.15, 0.2) is 73.2 Å². The highest BCUT2D eigenvalue weighted by molar-refractivity contribution is 6.13. The van der Waals surface area contributed by atoms with Crippen LogP contribution in [-0.2, 0) is 12.6 Å². The van der Waals surface area contributed by atoms with Crippen molar-refractivity contribution in [2.24, 2.45) is 0 Å². The molecule has 0 saturated carbocycles. The monoisotopic (exact) mass is 425 g/mol. The quantitative estimate of drug-likeness (QED) is 0.431. The van der Waals surface area contributed by atoms with Crippen molar-refractivity contribution >= 4 is 22.4 Å². The smallest absolute Gasteiger partial charge is 0.322 e. The number of nitrogens with zero attached hydrogens (tertiary/aromatic N) is 2. The Bertz CT molecular complexity index is 1260. The van der Waals surface area contributed by atoms with Gasteiger partial charge in [-0.25, -0.2) is 14.4 Å². The summed E-state index contributed by atoms with van der Waals surface area (Å²) in [4.78, 5) is 20.8. The van der Waals surface area contributed by atoms with Gasteiger partial charge < -0.3 is 5.32 Å². The molecular weight excluding hydrogens is 410 g/mol. The average Bonchev–Trinajstić information content (AvgIpc) is 2.74. The summed E-state index contributed by atoms with van der Waals surface area (Å²) in [6, 6.07) is 14.8. The lowest BCUT2D eigenvalue weighted by Crippen LogP contribution is -2.14. The highest BCUT2D eigenvalue weighted by atomic mass is 19.4. The second-order valence-electron chi connectivity index (χ2n) is 6.89. The highest BCUT2D eigenvalue weighted by Gasteiger charge is 2.34. The number of anilines is 1. The molecule has 0 aliphatic heterocycles. The van der Waals surface area contributed by atoms with Crippen LogP contribution in [0.5, 0.6) is 0 Å². The molecule has 31 heavy (non-hydrogen) atoms. The molecule has 4 aromatic rings. The molecule has 0 aliphatic carbocycles. The van der Waals surface area contributed by atoms with Crippen LogP contribution >= 0.6 is 0 Å². The molecule has 0 radical (unpaired) electrons. The van der Waals surface area contributed by atoms with Gasteiger partial charge in [0.25, 0.3) is 5.91 Å². The van der Waals surface area contributed by atoms with Crippen molar-refractivity contribution < 1.29 is 22.4 Å². The molecule has 0 fully saturated rings. The van der Waals surface area contributed by atoms with Crippen molar-refractivity contribution in [1.82, 2.24) is 9.97 Å². The van der Waals surface area contributed by atoms with Crippen LogP contribution in [0.2, 0.25) is 0 Å². The third-order valence-corrected chi connectivity index (χ3v) is 4.75. The number of fused-ring (bicyclic) bond motifs is 1. The van der Waals surface area contributed by atoms with Crippen LogP contribution < -0.4 is 5.32 Å². The third kappa shape index (κ3) is 4.53. The van der Waals surface area contributed by atoms with Crippen LogP contribution in [0.25, 0.3) is 10.8 Å². The van der Waals surface area contributed by atoms with Gasteiger partial charge in [0.2, 0.25) is 0 Å².